The first-order valence-electron chi connectivity index (χ1n) is 11.8. The maximum absolute atomic E-state index is 14.7. The van der Waals surface area contributed by atoms with Crippen LogP contribution in [0.5, 0.6) is 0 Å². The number of hydrogen-bond donors (Lipinski definition) is 2. The third-order valence-corrected chi connectivity index (χ3v) is 6.88. The van der Waals surface area contributed by atoms with E-state index in [1.165, 1.54) is 22.9 Å². The van der Waals surface area contributed by atoms with Crippen molar-refractivity contribution in [3.8, 4) is 0 Å². The Morgan fingerprint density at radius 2 is 2.00 bits per heavy atom. The molecule has 0 bridgehead atoms. The molecule has 2 aliphatic rings. The number of rotatable bonds is 6. The van der Waals surface area contributed by atoms with Gasteiger partial charge in [-0.3, -0.25) is 9.36 Å². The number of nitrogens with two attached hydrogens (primary N) is 1. The second kappa shape index (κ2) is 10.3. The molecule has 3 amide bonds. The lowest BCUT2D eigenvalue weighted by Crippen LogP contribution is -2.43. The fourth-order valence-corrected chi connectivity index (χ4v) is 4.99. The van der Waals surface area contributed by atoms with Crippen LogP contribution in [0.25, 0.3) is 10.9 Å². The monoisotopic (exact) mass is 541 g/mol. The quantitative estimate of drug-likeness (QED) is 0.469. The molecule has 1 fully saturated rings. The van der Waals surface area contributed by atoms with Crippen LogP contribution in [-0.4, -0.2) is 58.3 Å². The van der Waals surface area contributed by atoms with Crippen molar-refractivity contribution in [2.45, 2.75) is 31.5 Å². The number of nitrogens with zero attached hydrogens (tertiary/aromatic N) is 5. The van der Waals surface area contributed by atoms with E-state index in [-0.39, 0.29) is 42.9 Å². The van der Waals surface area contributed by atoms with Gasteiger partial charge in [0.1, 0.15) is 18.5 Å². The van der Waals surface area contributed by atoms with Crippen molar-refractivity contribution in [3.05, 3.63) is 64.6 Å². The van der Waals surface area contributed by atoms with E-state index in [9.17, 15) is 23.2 Å². The first kappa shape index (κ1) is 25.5. The summed E-state index contributed by atoms with van der Waals surface area (Å²) >= 11 is 6.05. The van der Waals surface area contributed by atoms with Crippen LogP contribution in [0, 0.1) is 5.82 Å². The summed E-state index contributed by atoms with van der Waals surface area (Å²) in [6.45, 7) is -0.0400. The van der Waals surface area contributed by atoms with E-state index in [0.717, 1.165) is 4.90 Å². The van der Waals surface area contributed by atoms with E-state index < -0.39 is 35.9 Å². The molecule has 2 aliphatic heterocycles. The number of amides is 3. The number of benzene rings is 2. The standard InChI is InChI=1S/C25H22ClF2N7O3/c26-17-8-14(18-10-30-33-32-18)7-13(23(17)28)5-6-22(36)21-9-15(27)11-35(21)25(38)31-19-12-34(24(29)37)20-4-2-1-3-16(19)20/h1-4,7-8,12,15,21H,5-6,9-11H2,(H2,29,37)(H,31,38)/t15-,21+/m1/s1. The van der Waals surface area contributed by atoms with Crippen LogP contribution in [0.3, 0.4) is 0 Å². The molecular weight excluding hydrogens is 520 g/mol. The minimum atomic E-state index is -1.40. The zero-order valence-electron chi connectivity index (χ0n) is 19.9. The van der Waals surface area contributed by atoms with Gasteiger partial charge in [-0.05, 0) is 35.4 Å². The van der Waals surface area contributed by atoms with E-state index in [4.69, 9.17) is 17.3 Å². The number of carbonyl (C=O) groups is 3. The maximum Gasteiger partial charge on any atom is 0.323 e. The Bertz CT molecular complexity index is 1520. The highest BCUT2D eigenvalue weighted by Crippen LogP contribution is 2.29. The van der Waals surface area contributed by atoms with Gasteiger partial charge in [0.05, 0.1) is 34.5 Å². The Hall–Kier alpha value is -4.19. The van der Waals surface area contributed by atoms with Crippen molar-refractivity contribution < 1.29 is 23.2 Å². The van der Waals surface area contributed by atoms with Gasteiger partial charge in [-0.15, -0.1) is 5.10 Å². The molecule has 5 rings (SSSR count). The summed E-state index contributed by atoms with van der Waals surface area (Å²) in [4.78, 5) is 39.2. The van der Waals surface area contributed by atoms with Gasteiger partial charge in [-0.1, -0.05) is 29.8 Å². The second-order valence-electron chi connectivity index (χ2n) is 9.03. The van der Waals surface area contributed by atoms with Gasteiger partial charge in [-0.2, -0.15) is 5.11 Å². The molecule has 10 nitrogen and oxygen atoms in total. The average Bonchev–Trinajstić information content (AvgIpc) is 3.64. The van der Waals surface area contributed by atoms with Crippen LogP contribution in [0.15, 0.2) is 58.0 Å². The predicted molar refractivity (Wildman–Crippen MR) is 137 cm³/mol. The van der Waals surface area contributed by atoms with Crippen LogP contribution in [0.4, 0.5) is 24.1 Å². The smallest absolute Gasteiger partial charge is 0.323 e. The molecule has 0 unspecified atom stereocenters. The van der Waals surface area contributed by atoms with Crippen molar-refractivity contribution in [2.75, 3.05) is 18.4 Å². The van der Waals surface area contributed by atoms with E-state index in [1.54, 1.807) is 24.3 Å². The first-order chi connectivity index (χ1) is 18.2. The molecule has 1 aromatic heterocycles. The number of Topliss-reactive ketones (excluding diaryl/α,β-unsaturated/α-hetero) is 1. The number of carbonyl (C=O) groups excluding carboxylic acids is 3. The Kier molecular flexibility index (Phi) is 6.89. The van der Waals surface area contributed by atoms with E-state index in [0.29, 0.717) is 27.9 Å². The summed E-state index contributed by atoms with van der Waals surface area (Å²) < 4.78 is 30.3. The van der Waals surface area contributed by atoms with Crippen molar-refractivity contribution in [1.82, 2.24) is 9.47 Å². The number of ketones is 1. The summed E-state index contributed by atoms with van der Waals surface area (Å²) in [6, 6.07) is 7.30. The summed E-state index contributed by atoms with van der Waals surface area (Å²) in [5.41, 5.74) is 7.47. The van der Waals surface area contributed by atoms with Gasteiger partial charge < -0.3 is 16.0 Å². The second-order valence-corrected chi connectivity index (χ2v) is 9.44. The highest BCUT2D eigenvalue weighted by atomic mass is 35.5. The first-order valence-corrected chi connectivity index (χ1v) is 12.2. The summed E-state index contributed by atoms with van der Waals surface area (Å²) in [5.74, 6) is -1.07. The third-order valence-electron chi connectivity index (χ3n) is 6.60. The summed E-state index contributed by atoms with van der Waals surface area (Å²) in [7, 11) is 0. The molecule has 2 aromatic carbocycles. The number of aromatic nitrogens is 1. The molecule has 0 aliphatic carbocycles. The Morgan fingerprint density at radius 1 is 1.21 bits per heavy atom. The van der Waals surface area contributed by atoms with Gasteiger partial charge in [0.15, 0.2) is 5.78 Å². The SMILES string of the molecule is NC(=O)n1cc(NC(=O)N2C[C@H](F)C[C@H]2C(=O)CCc2cc(C3=NN=NC3)cc(Cl)c2F)c2ccccc21. The number of likely N-dealkylation sites (tertiary alicyclic amines) is 1. The highest BCUT2D eigenvalue weighted by Gasteiger charge is 2.39. The molecule has 38 heavy (non-hydrogen) atoms. The Balaban J connectivity index is 1.31. The zero-order chi connectivity index (χ0) is 27.0. The Morgan fingerprint density at radius 3 is 2.74 bits per heavy atom. The number of aryl methyl sites for hydroxylation is 1. The number of anilines is 1. The lowest BCUT2D eigenvalue weighted by molar-refractivity contribution is -0.122. The van der Waals surface area contributed by atoms with E-state index >= 15 is 0 Å². The van der Waals surface area contributed by atoms with Crippen LogP contribution in [0.2, 0.25) is 5.02 Å². The number of nitrogens with one attached hydrogen (secondary N) is 1. The molecule has 0 saturated carbocycles. The number of fused-ring (bicyclic) bond motifs is 1. The number of para-hydroxylation sites is 1. The van der Waals surface area contributed by atoms with E-state index in [2.05, 4.69) is 20.8 Å². The third kappa shape index (κ3) is 4.86. The van der Waals surface area contributed by atoms with Crippen molar-refractivity contribution in [2.24, 2.45) is 21.2 Å². The molecule has 3 aromatic rings. The summed E-state index contributed by atoms with van der Waals surface area (Å²) in [5, 5.41) is 14.3. The van der Waals surface area contributed by atoms with Crippen molar-refractivity contribution in [1.29, 1.82) is 0 Å². The molecule has 3 N–H and O–H groups in total. The fourth-order valence-electron chi connectivity index (χ4n) is 4.75. The molecule has 196 valence electrons. The molecule has 1 saturated heterocycles. The number of urea groups is 1. The van der Waals surface area contributed by atoms with Gasteiger partial charge in [0, 0.05) is 30.0 Å². The van der Waals surface area contributed by atoms with Crippen molar-refractivity contribution in [3.63, 3.8) is 0 Å². The van der Waals surface area contributed by atoms with Crippen LogP contribution < -0.4 is 11.1 Å². The molecular formula is C25H22ClF2N7O3. The van der Waals surface area contributed by atoms with E-state index in [1.807, 2.05) is 0 Å². The normalized spacial score (nSPS) is 18.7. The highest BCUT2D eigenvalue weighted by molar-refractivity contribution is 6.31. The molecule has 2 atom stereocenters. The molecule has 3 heterocycles. The largest absolute Gasteiger partial charge is 0.351 e. The predicted octanol–water partition coefficient (Wildman–Crippen LogP) is 4.68. The molecule has 0 spiro atoms. The number of primary amides is 1. The molecule has 13 heteroatoms. The van der Waals surface area contributed by atoms with Gasteiger partial charge >= 0.3 is 12.1 Å². The van der Waals surface area contributed by atoms with Gasteiger partial charge in [0.25, 0.3) is 0 Å². The number of alkyl halides is 1. The minimum Gasteiger partial charge on any atom is -0.351 e. The van der Waals surface area contributed by atoms with Crippen LogP contribution in [0.1, 0.15) is 24.0 Å². The average molecular weight is 542 g/mol. The van der Waals surface area contributed by atoms with Crippen LogP contribution in [-0.2, 0) is 11.2 Å². The topological polar surface area (TPSA) is 135 Å². The zero-order valence-corrected chi connectivity index (χ0v) is 20.7. The lowest BCUT2D eigenvalue weighted by atomic mass is 9.98. The molecule has 0 radical (unpaired) electrons. The maximum atomic E-state index is 14.7. The summed E-state index contributed by atoms with van der Waals surface area (Å²) in [6.07, 6.45) is -0.337. The van der Waals surface area contributed by atoms with Gasteiger partial charge in [-0.25, -0.2) is 18.4 Å². The minimum absolute atomic E-state index is 0.00516. The van der Waals surface area contributed by atoms with Crippen LogP contribution >= 0.6 is 11.6 Å². The fraction of sp³-hybridized carbons (Fsp3) is 0.280. The van der Waals surface area contributed by atoms with Gasteiger partial charge in [0.2, 0.25) is 0 Å². The number of hydrogen-bond acceptors (Lipinski definition) is 6. The Labute approximate surface area is 220 Å². The number of halogens is 3. The van der Waals surface area contributed by atoms with Crippen molar-refractivity contribution >= 4 is 51.7 Å². The lowest BCUT2D eigenvalue weighted by Gasteiger charge is -2.23.